The van der Waals surface area contributed by atoms with Crippen molar-refractivity contribution in [2.45, 2.75) is 13.0 Å². The van der Waals surface area contributed by atoms with Crippen LogP contribution < -0.4 is 10.2 Å². The maximum atomic E-state index is 12.9. The average molecular weight is 347 g/mol. The number of hydrogen-bond acceptors (Lipinski definition) is 3. The van der Waals surface area contributed by atoms with Crippen molar-refractivity contribution < 1.29 is 9.18 Å². The van der Waals surface area contributed by atoms with E-state index in [1.807, 2.05) is 24.3 Å². The third-order valence-electron chi connectivity index (χ3n) is 4.54. The SMILES string of the molecule is O=C(NCc1ccc(F)cc1)c1cc(N2CCc3ccccc32)ccn1. The Bertz CT molecular complexity index is 940. The van der Waals surface area contributed by atoms with Crippen molar-refractivity contribution in [3.05, 3.63) is 89.5 Å². The van der Waals surface area contributed by atoms with Crippen LogP contribution in [0.1, 0.15) is 21.6 Å². The van der Waals surface area contributed by atoms with Gasteiger partial charge in [0.25, 0.3) is 5.91 Å². The Morgan fingerprint density at radius 1 is 1.12 bits per heavy atom. The summed E-state index contributed by atoms with van der Waals surface area (Å²) < 4.78 is 12.9. The van der Waals surface area contributed by atoms with Crippen LogP contribution in [-0.4, -0.2) is 17.4 Å². The molecule has 0 spiro atoms. The van der Waals surface area contributed by atoms with Gasteiger partial charge in [-0.3, -0.25) is 9.78 Å². The van der Waals surface area contributed by atoms with E-state index in [4.69, 9.17) is 0 Å². The maximum absolute atomic E-state index is 12.9. The molecule has 130 valence electrons. The van der Waals surface area contributed by atoms with E-state index in [1.54, 1.807) is 18.3 Å². The topological polar surface area (TPSA) is 45.2 Å². The molecule has 1 aliphatic rings. The summed E-state index contributed by atoms with van der Waals surface area (Å²) in [4.78, 5) is 18.8. The second-order valence-electron chi connectivity index (χ2n) is 6.24. The highest BCUT2D eigenvalue weighted by molar-refractivity contribution is 5.93. The molecule has 1 aromatic heterocycles. The highest BCUT2D eigenvalue weighted by Gasteiger charge is 2.20. The molecule has 0 fully saturated rings. The summed E-state index contributed by atoms with van der Waals surface area (Å²) in [5.74, 6) is -0.538. The monoisotopic (exact) mass is 347 g/mol. The summed E-state index contributed by atoms with van der Waals surface area (Å²) in [7, 11) is 0. The molecule has 0 bridgehead atoms. The molecule has 3 aromatic rings. The van der Waals surface area contributed by atoms with Crippen LogP contribution in [0.3, 0.4) is 0 Å². The molecule has 0 aliphatic carbocycles. The van der Waals surface area contributed by atoms with Crippen LogP contribution in [-0.2, 0) is 13.0 Å². The predicted molar refractivity (Wildman–Crippen MR) is 99.0 cm³/mol. The molecular weight excluding hydrogens is 329 g/mol. The summed E-state index contributed by atoms with van der Waals surface area (Å²) in [6, 6.07) is 18.1. The Labute approximate surface area is 151 Å². The number of halogens is 1. The van der Waals surface area contributed by atoms with Gasteiger partial charge in [-0.15, -0.1) is 0 Å². The second-order valence-corrected chi connectivity index (χ2v) is 6.24. The lowest BCUT2D eigenvalue weighted by Gasteiger charge is -2.19. The Kier molecular flexibility index (Phi) is 4.35. The van der Waals surface area contributed by atoms with Crippen molar-refractivity contribution in [2.75, 3.05) is 11.4 Å². The van der Waals surface area contributed by atoms with Crippen molar-refractivity contribution >= 4 is 17.3 Å². The number of benzene rings is 2. The molecule has 5 heteroatoms. The van der Waals surface area contributed by atoms with Crippen molar-refractivity contribution in [1.29, 1.82) is 0 Å². The first-order valence-electron chi connectivity index (χ1n) is 8.55. The minimum atomic E-state index is -0.291. The number of carbonyl (C=O) groups excluding carboxylic acids is 1. The van der Waals surface area contributed by atoms with E-state index in [2.05, 4.69) is 27.3 Å². The molecule has 0 radical (unpaired) electrons. The molecule has 2 aromatic carbocycles. The Balaban J connectivity index is 1.49. The summed E-state index contributed by atoms with van der Waals surface area (Å²) in [5, 5.41) is 2.83. The van der Waals surface area contributed by atoms with Crippen LogP contribution in [0.15, 0.2) is 66.9 Å². The van der Waals surface area contributed by atoms with Gasteiger partial charge in [0.15, 0.2) is 0 Å². The standard InChI is InChI=1S/C21H18FN3O/c22-17-7-5-15(6-8-17)14-24-21(26)19-13-18(9-11-23-19)25-12-10-16-3-1-2-4-20(16)25/h1-9,11,13H,10,12,14H2,(H,24,26). The number of anilines is 2. The number of amides is 1. The van der Waals surface area contributed by atoms with E-state index in [1.165, 1.54) is 23.4 Å². The molecule has 0 saturated carbocycles. The first-order valence-corrected chi connectivity index (χ1v) is 8.55. The number of carbonyl (C=O) groups is 1. The van der Waals surface area contributed by atoms with Crippen LogP contribution in [0.5, 0.6) is 0 Å². The first kappa shape index (κ1) is 16.3. The van der Waals surface area contributed by atoms with Gasteiger partial charge in [-0.2, -0.15) is 0 Å². The minimum absolute atomic E-state index is 0.247. The zero-order valence-corrected chi connectivity index (χ0v) is 14.2. The molecular formula is C21H18FN3O. The van der Waals surface area contributed by atoms with Crippen LogP contribution in [0.2, 0.25) is 0 Å². The van der Waals surface area contributed by atoms with E-state index in [0.29, 0.717) is 12.2 Å². The average Bonchev–Trinajstić information content (AvgIpc) is 3.11. The van der Waals surface area contributed by atoms with Crippen LogP contribution in [0.25, 0.3) is 0 Å². The van der Waals surface area contributed by atoms with E-state index < -0.39 is 0 Å². The summed E-state index contributed by atoms with van der Waals surface area (Å²) in [6.07, 6.45) is 2.65. The van der Waals surface area contributed by atoms with Crippen molar-refractivity contribution in [3.8, 4) is 0 Å². The number of nitrogens with zero attached hydrogens (tertiary/aromatic N) is 2. The fourth-order valence-corrected chi connectivity index (χ4v) is 3.19. The van der Waals surface area contributed by atoms with Gasteiger partial charge < -0.3 is 10.2 Å². The molecule has 1 N–H and O–H groups in total. The molecule has 0 unspecified atom stereocenters. The first-order chi connectivity index (χ1) is 12.7. The van der Waals surface area contributed by atoms with Crippen molar-refractivity contribution in [3.63, 3.8) is 0 Å². The summed E-state index contributed by atoms with van der Waals surface area (Å²) in [6.45, 7) is 1.22. The molecule has 2 heterocycles. The minimum Gasteiger partial charge on any atom is -0.347 e. The van der Waals surface area contributed by atoms with Crippen molar-refractivity contribution in [1.82, 2.24) is 10.3 Å². The number of pyridine rings is 1. The van der Waals surface area contributed by atoms with Gasteiger partial charge in [0.05, 0.1) is 0 Å². The molecule has 0 atom stereocenters. The van der Waals surface area contributed by atoms with Crippen molar-refractivity contribution in [2.24, 2.45) is 0 Å². The van der Waals surface area contributed by atoms with Gasteiger partial charge in [-0.25, -0.2) is 4.39 Å². The summed E-state index contributed by atoms with van der Waals surface area (Å²) in [5.41, 5.74) is 4.65. The van der Waals surface area contributed by atoms with E-state index in [-0.39, 0.29) is 11.7 Å². The molecule has 26 heavy (non-hydrogen) atoms. The molecule has 4 nitrogen and oxygen atoms in total. The van der Waals surface area contributed by atoms with Gasteiger partial charge in [0, 0.05) is 30.7 Å². The third kappa shape index (κ3) is 3.28. The molecule has 4 rings (SSSR count). The number of rotatable bonds is 4. The second kappa shape index (κ2) is 6.96. The molecule has 1 amide bonds. The zero-order chi connectivity index (χ0) is 17.9. The van der Waals surface area contributed by atoms with Crippen LogP contribution in [0, 0.1) is 5.82 Å². The highest BCUT2D eigenvalue weighted by Crippen LogP contribution is 2.34. The number of para-hydroxylation sites is 1. The van der Waals surface area contributed by atoms with Crippen LogP contribution >= 0.6 is 0 Å². The lowest BCUT2D eigenvalue weighted by Crippen LogP contribution is -2.24. The van der Waals surface area contributed by atoms with Gasteiger partial charge in [0.1, 0.15) is 11.5 Å². The fourth-order valence-electron chi connectivity index (χ4n) is 3.19. The quantitative estimate of drug-likeness (QED) is 0.780. The van der Waals surface area contributed by atoms with E-state index in [9.17, 15) is 9.18 Å². The molecule has 1 aliphatic heterocycles. The van der Waals surface area contributed by atoms with E-state index >= 15 is 0 Å². The lowest BCUT2D eigenvalue weighted by molar-refractivity contribution is 0.0946. The summed E-state index contributed by atoms with van der Waals surface area (Å²) >= 11 is 0. The number of hydrogen-bond donors (Lipinski definition) is 1. The maximum Gasteiger partial charge on any atom is 0.270 e. The van der Waals surface area contributed by atoms with Gasteiger partial charge in [0.2, 0.25) is 0 Å². The van der Waals surface area contributed by atoms with Crippen LogP contribution in [0.4, 0.5) is 15.8 Å². The Morgan fingerprint density at radius 3 is 2.77 bits per heavy atom. The lowest BCUT2D eigenvalue weighted by atomic mass is 10.2. The van der Waals surface area contributed by atoms with Gasteiger partial charge in [-0.1, -0.05) is 30.3 Å². The predicted octanol–water partition coefficient (Wildman–Crippen LogP) is 3.84. The smallest absolute Gasteiger partial charge is 0.270 e. The third-order valence-corrected chi connectivity index (χ3v) is 4.54. The number of fused-ring (bicyclic) bond motifs is 1. The highest BCUT2D eigenvalue weighted by atomic mass is 19.1. The molecule has 0 saturated heterocycles. The van der Waals surface area contributed by atoms with E-state index in [0.717, 1.165) is 24.2 Å². The largest absolute Gasteiger partial charge is 0.347 e. The number of aromatic nitrogens is 1. The number of nitrogens with one attached hydrogen (secondary N) is 1. The normalized spacial score (nSPS) is 12.7. The van der Waals surface area contributed by atoms with Gasteiger partial charge >= 0.3 is 0 Å². The zero-order valence-electron chi connectivity index (χ0n) is 14.2. The van der Waals surface area contributed by atoms with Gasteiger partial charge in [-0.05, 0) is 47.9 Å². The Morgan fingerprint density at radius 2 is 1.92 bits per heavy atom. The Hall–Kier alpha value is -3.21. The fraction of sp³-hybridized carbons (Fsp3) is 0.143.